The molecule has 27 heavy (non-hydrogen) atoms. The Hall–Kier alpha value is 0.766. The molecule has 0 unspecified atom stereocenters. The van der Waals surface area contributed by atoms with E-state index in [1.165, 1.54) is 25.3 Å². The molecule has 0 atom stereocenters. The summed E-state index contributed by atoms with van der Waals surface area (Å²) >= 11 is 0. The molecule has 0 bridgehead atoms. The van der Waals surface area contributed by atoms with Gasteiger partial charge < -0.3 is 4.55 Å². The molecule has 1 aromatic rings. The average molecular weight is 421 g/mol. The van der Waals surface area contributed by atoms with Gasteiger partial charge in [-0.2, -0.15) is 0 Å². The summed E-state index contributed by atoms with van der Waals surface area (Å²) in [5, 5.41) is 0. The zero-order chi connectivity index (χ0) is 19.6. The van der Waals surface area contributed by atoms with Crippen molar-refractivity contribution in [2.75, 3.05) is 0 Å². The van der Waals surface area contributed by atoms with E-state index in [0.717, 1.165) is 55.6 Å². The van der Waals surface area contributed by atoms with Gasteiger partial charge in [0, 0.05) is 0 Å². The van der Waals surface area contributed by atoms with Crippen molar-refractivity contribution in [3.63, 3.8) is 0 Å². The van der Waals surface area contributed by atoms with E-state index in [1.54, 1.807) is 6.07 Å². The van der Waals surface area contributed by atoms with Crippen molar-refractivity contribution in [3.8, 4) is 0 Å². The maximum absolute atomic E-state index is 11.7. The summed E-state index contributed by atoms with van der Waals surface area (Å²) in [6.45, 7) is 8.91. The summed E-state index contributed by atoms with van der Waals surface area (Å²) in [7, 11) is -4.41. The van der Waals surface area contributed by atoms with E-state index >= 15 is 0 Å². The van der Waals surface area contributed by atoms with Gasteiger partial charge in [0.2, 0.25) is 0 Å². The Bertz CT molecular complexity index is 624. The summed E-state index contributed by atoms with van der Waals surface area (Å²) in [6, 6.07) is 5.20. The van der Waals surface area contributed by atoms with Crippen LogP contribution in [0, 0.1) is 11.8 Å². The van der Waals surface area contributed by atoms with E-state index in [0.29, 0.717) is 12.3 Å². The minimum atomic E-state index is -4.41. The number of hydrogen-bond donors (Lipinski definition) is 0. The van der Waals surface area contributed by atoms with Crippen molar-refractivity contribution in [2.45, 2.75) is 96.8 Å². The molecular weight excluding hydrogens is 383 g/mol. The first-order valence-corrected chi connectivity index (χ1v) is 11.7. The normalized spacial score (nSPS) is 11.8. The summed E-state index contributed by atoms with van der Waals surface area (Å²) in [5.74, 6) is 1.43. The predicted molar refractivity (Wildman–Crippen MR) is 108 cm³/mol. The number of rotatable bonds is 13. The minimum absolute atomic E-state index is 0. The van der Waals surface area contributed by atoms with Crippen molar-refractivity contribution in [3.05, 3.63) is 29.3 Å². The van der Waals surface area contributed by atoms with Gasteiger partial charge in [0.15, 0.2) is 0 Å². The topological polar surface area (TPSA) is 57.2 Å². The van der Waals surface area contributed by atoms with Crippen molar-refractivity contribution in [1.82, 2.24) is 0 Å². The van der Waals surface area contributed by atoms with Crippen LogP contribution in [0.5, 0.6) is 0 Å². The van der Waals surface area contributed by atoms with Gasteiger partial charge in [-0.1, -0.05) is 78.4 Å². The monoisotopic (exact) mass is 420 g/mol. The Morgan fingerprint density at radius 3 is 1.81 bits per heavy atom. The van der Waals surface area contributed by atoms with Gasteiger partial charge in [0.25, 0.3) is 0 Å². The van der Waals surface area contributed by atoms with Crippen molar-refractivity contribution in [2.24, 2.45) is 11.8 Å². The quantitative estimate of drug-likeness (QED) is 0.280. The molecule has 1 aromatic carbocycles. The molecule has 0 fully saturated rings. The Balaban J connectivity index is 0.00000676. The van der Waals surface area contributed by atoms with Crippen LogP contribution in [0.3, 0.4) is 0 Å². The molecule has 5 heteroatoms. The molecule has 0 heterocycles. The molecule has 0 aliphatic rings. The molecule has 0 saturated carbocycles. The number of hydrogen-bond acceptors (Lipinski definition) is 3. The van der Waals surface area contributed by atoms with Crippen LogP contribution in [-0.2, 0) is 23.0 Å². The van der Waals surface area contributed by atoms with Crippen LogP contribution in [-0.4, -0.2) is 13.0 Å². The van der Waals surface area contributed by atoms with Gasteiger partial charge in [0.1, 0.15) is 10.1 Å². The number of benzene rings is 1. The molecule has 150 valence electrons. The van der Waals surface area contributed by atoms with Crippen LogP contribution in [0.2, 0.25) is 0 Å². The van der Waals surface area contributed by atoms with Crippen LogP contribution in [0.15, 0.2) is 23.1 Å². The largest absolute Gasteiger partial charge is 1.00 e. The second kappa shape index (κ2) is 14.7. The van der Waals surface area contributed by atoms with Crippen LogP contribution in [0.1, 0.15) is 90.2 Å². The smallest absolute Gasteiger partial charge is 0.744 e. The van der Waals surface area contributed by atoms with Gasteiger partial charge in [-0.15, -0.1) is 0 Å². The Kier molecular flexibility index (Phi) is 15.1. The molecule has 0 aliphatic heterocycles. The zero-order valence-electron chi connectivity index (χ0n) is 18.1. The molecule has 0 amide bonds. The summed E-state index contributed by atoms with van der Waals surface area (Å²) < 4.78 is 35.0. The van der Waals surface area contributed by atoms with Crippen molar-refractivity contribution >= 4 is 10.1 Å². The maximum Gasteiger partial charge on any atom is 1.00 e. The van der Waals surface area contributed by atoms with Gasteiger partial charge >= 0.3 is 51.4 Å². The zero-order valence-corrected chi connectivity index (χ0v) is 22.0. The fourth-order valence-electron chi connectivity index (χ4n) is 3.44. The van der Waals surface area contributed by atoms with Crippen molar-refractivity contribution in [1.29, 1.82) is 0 Å². The fourth-order valence-corrected chi connectivity index (χ4v) is 4.22. The third-order valence-corrected chi connectivity index (χ3v) is 5.86. The first-order chi connectivity index (χ1) is 12.2. The molecule has 1 rings (SSSR count). The van der Waals surface area contributed by atoms with Gasteiger partial charge in [-0.05, 0) is 54.7 Å². The Labute approximate surface area is 210 Å². The molecule has 0 saturated heterocycles. The van der Waals surface area contributed by atoms with E-state index in [-0.39, 0.29) is 56.3 Å². The summed E-state index contributed by atoms with van der Waals surface area (Å²) in [4.78, 5) is 0.000963. The molecule has 0 aliphatic carbocycles. The first-order valence-electron chi connectivity index (χ1n) is 10.3. The molecule has 0 aromatic heterocycles. The maximum atomic E-state index is 11.7. The van der Waals surface area contributed by atoms with E-state index in [1.807, 2.05) is 6.07 Å². The van der Waals surface area contributed by atoms with Crippen LogP contribution in [0.4, 0.5) is 0 Å². The Morgan fingerprint density at radius 1 is 0.815 bits per heavy atom. The van der Waals surface area contributed by atoms with E-state index in [4.69, 9.17) is 0 Å². The van der Waals surface area contributed by atoms with Gasteiger partial charge in [-0.25, -0.2) is 8.42 Å². The van der Waals surface area contributed by atoms with Gasteiger partial charge in [-0.3, -0.25) is 0 Å². The van der Waals surface area contributed by atoms with Crippen LogP contribution in [0.25, 0.3) is 0 Å². The second-order valence-electron chi connectivity index (χ2n) is 8.33. The van der Waals surface area contributed by atoms with E-state index in [9.17, 15) is 13.0 Å². The SMILES string of the molecule is CC(C)CCCCCc1cccc(S(=O)(=O)[O-])c1CCCCCC(C)C.[K+]. The molecule has 0 radical (unpaired) electrons. The third-order valence-electron chi connectivity index (χ3n) is 4.94. The third kappa shape index (κ3) is 12.1. The van der Waals surface area contributed by atoms with Crippen LogP contribution >= 0.6 is 0 Å². The molecule has 0 N–H and O–H groups in total. The summed E-state index contributed by atoms with van der Waals surface area (Å²) in [5.41, 5.74) is 1.83. The van der Waals surface area contributed by atoms with Crippen LogP contribution < -0.4 is 51.4 Å². The van der Waals surface area contributed by atoms with Gasteiger partial charge in [0.05, 0.1) is 4.90 Å². The molecular formula is C22H37KO3S. The second-order valence-corrected chi connectivity index (χ2v) is 9.68. The first kappa shape index (κ1) is 27.8. The summed E-state index contributed by atoms with van der Waals surface area (Å²) in [6.07, 6.45) is 10.6. The molecule has 0 spiro atoms. The number of unbranched alkanes of at least 4 members (excludes halogenated alkanes) is 4. The standard InChI is InChI=1S/C22H38O3S.K/c1-18(2)12-7-5-9-14-20-15-11-17-22(26(23,24)25)21(20)16-10-6-8-13-19(3)4;/h11,15,17-19H,5-10,12-14,16H2,1-4H3,(H,23,24,25);/q;+1/p-1. The van der Waals surface area contributed by atoms with E-state index in [2.05, 4.69) is 27.7 Å². The average Bonchev–Trinajstić information content (AvgIpc) is 2.53. The predicted octanol–water partition coefficient (Wildman–Crippen LogP) is 3.11. The van der Waals surface area contributed by atoms with E-state index < -0.39 is 10.1 Å². The fraction of sp³-hybridized carbons (Fsp3) is 0.727. The Morgan fingerprint density at radius 2 is 1.33 bits per heavy atom. The number of aryl methyl sites for hydroxylation is 1. The molecule has 3 nitrogen and oxygen atoms in total. The van der Waals surface area contributed by atoms with Crippen molar-refractivity contribution < 1.29 is 64.4 Å². The minimum Gasteiger partial charge on any atom is -0.744 e.